The molecule has 1 aliphatic heterocycles. The van der Waals surface area contributed by atoms with Crippen LogP contribution in [0.25, 0.3) is 0 Å². The van der Waals surface area contributed by atoms with Crippen molar-refractivity contribution in [3.05, 3.63) is 59.7 Å². The van der Waals surface area contributed by atoms with E-state index in [1.54, 1.807) is 7.11 Å². The Hall–Kier alpha value is -2.53. The van der Waals surface area contributed by atoms with Gasteiger partial charge in [-0.2, -0.15) is 0 Å². The van der Waals surface area contributed by atoms with Crippen LogP contribution in [0.15, 0.2) is 48.5 Å². The first-order valence-electron chi connectivity index (χ1n) is 8.53. The van der Waals surface area contributed by atoms with Crippen molar-refractivity contribution in [2.45, 2.75) is 19.6 Å². The summed E-state index contributed by atoms with van der Waals surface area (Å²) in [6.07, 6.45) is 0. The van der Waals surface area contributed by atoms with E-state index in [1.807, 2.05) is 55.5 Å². The van der Waals surface area contributed by atoms with E-state index in [4.69, 9.17) is 9.47 Å². The molecule has 0 aromatic heterocycles. The number of nitrogens with one attached hydrogen (secondary N) is 2. The number of methoxy groups -OCH3 is 1. The maximum atomic E-state index is 12.1. The molecule has 1 atom stereocenters. The third-order valence-corrected chi connectivity index (χ3v) is 4.44. The van der Waals surface area contributed by atoms with E-state index in [9.17, 15) is 4.79 Å². The Morgan fingerprint density at radius 3 is 2.60 bits per heavy atom. The van der Waals surface area contributed by atoms with Crippen LogP contribution >= 0.6 is 0 Å². The minimum atomic E-state index is -0.0785. The first-order chi connectivity index (χ1) is 12.2. The van der Waals surface area contributed by atoms with Crippen molar-refractivity contribution in [2.24, 2.45) is 5.92 Å². The van der Waals surface area contributed by atoms with Crippen LogP contribution in [0.2, 0.25) is 0 Å². The van der Waals surface area contributed by atoms with Crippen LogP contribution in [0.5, 0.6) is 11.5 Å². The number of amides is 1. The number of rotatable bonds is 7. The second-order valence-electron chi connectivity index (χ2n) is 6.27. The molecule has 25 heavy (non-hydrogen) atoms. The van der Waals surface area contributed by atoms with Gasteiger partial charge in [-0.1, -0.05) is 36.4 Å². The molecule has 1 fully saturated rings. The van der Waals surface area contributed by atoms with Gasteiger partial charge in [-0.05, 0) is 30.2 Å². The molecule has 1 saturated heterocycles. The van der Waals surface area contributed by atoms with Gasteiger partial charge in [0.25, 0.3) is 0 Å². The quantitative estimate of drug-likeness (QED) is 0.814. The summed E-state index contributed by atoms with van der Waals surface area (Å²) in [6.45, 7) is 3.98. The second-order valence-corrected chi connectivity index (χ2v) is 6.27. The number of carbonyl (C=O) groups excluding carboxylic acids is 1. The lowest BCUT2D eigenvalue weighted by atomic mass is 10.0. The zero-order valence-corrected chi connectivity index (χ0v) is 14.6. The molecule has 1 heterocycles. The van der Waals surface area contributed by atoms with E-state index < -0.39 is 0 Å². The SMILES string of the molecule is COc1cc(C(C)NC(=O)C2CNC2)ccc1OCc1ccccc1. The van der Waals surface area contributed by atoms with E-state index in [1.165, 1.54) is 0 Å². The Kier molecular flexibility index (Phi) is 5.56. The minimum Gasteiger partial charge on any atom is -0.493 e. The molecular weight excluding hydrogens is 316 g/mol. The van der Waals surface area contributed by atoms with Gasteiger partial charge in [0, 0.05) is 13.1 Å². The van der Waals surface area contributed by atoms with E-state index in [0.717, 1.165) is 24.2 Å². The summed E-state index contributed by atoms with van der Waals surface area (Å²) in [7, 11) is 1.62. The van der Waals surface area contributed by atoms with Gasteiger partial charge >= 0.3 is 0 Å². The Labute approximate surface area is 148 Å². The molecule has 2 aromatic rings. The zero-order chi connectivity index (χ0) is 17.6. The van der Waals surface area contributed by atoms with Crippen LogP contribution < -0.4 is 20.1 Å². The van der Waals surface area contributed by atoms with E-state index in [2.05, 4.69) is 10.6 Å². The van der Waals surface area contributed by atoms with Gasteiger partial charge < -0.3 is 20.1 Å². The lowest BCUT2D eigenvalue weighted by Crippen LogP contribution is -2.51. The Morgan fingerprint density at radius 1 is 1.20 bits per heavy atom. The molecule has 5 nitrogen and oxygen atoms in total. The summed E-state index contributed by atoms with van der Waals surface area (Å²) in [5.41, 5.74) is 2.09. The largest absolute Gasteiger partial charge is 0.493 e. The monoisotopic (exact) mass is 340 g/mol. The minimum absolute atomic E-state index is 0.0785. The summed E-state index contributed by atoms with van der Waals surface area (Å²) < 4.78 is 11.3. The van der Waals surface area contributed by atoms with Crippen molar-refractivity contribution in [3.8, 4) is 11.5 Å². The fourth-order valence-corrected chi connectivity index (χ4v) is 2.70. The van der Waals surface area contributed by atoms with Crippen molar-refractivity contribution in [3.63, 3.8) is 0 Å². The van der Waals surface area contributed by atoms with Crippen LogP contribution in [0.3, 0.4) is 0 Å². The third kappa shape index (κ3) is 4.31. The molecule has 5 heteroatoms. The Morgan fingerprint density at radius 2 is 1.96 bits per heavy atom. The number of ether oxygens (including phenoxy) is 2. The molecule has 0 radical (unpaired) electrons. The number of hydrogen-bond acceptors (Lipinski definition) is 4. The van der Waals surface area contributed by atoms with Gasteiger partial charge in [0.05, 0.1) is 19.1 Å². The molecular formula is C20H24N2O3. The normalized spacial score (nSPS) is 15.1. The van der Waals surface area contributed by atoms with Crippen molar-refractivity contribution in [2.75, 3.05) is 20.2 Å². The third-order valence-electron chi connectivity index (χ3n) is 4.44. The molecule has 1 unspecified atom stereocenters. The summed E-state index contributed by atoms with van der Waals surface area (Å²) in [5.74, 6) is 1.53. The average Bonchev–Trinajstić information content (AvgIpc) is 2.59. The van der Waals surface area contributed by atoms with E-state index in [-0.39, 0.29) is 17.9 Å². The number of carbonyl (C=O) groups is 1. The van der Waals surface area contributed by atoms with Crippen LogP contribution in [0, 0.1) is 5.92 Å². The zero-order valence-electron chi connectivity index (χ0n) is 14.6. The van der Waals surface area contributed by atoms with Crippen LogP contribution in [0.4, 0.5) is 0 Å². The van der Waals surface area contributed by atoms with Gasteiger partial charge in [0.1, 0.15) is 6.61 Å². The number of benzene rings is 2. The molecule has 132 valence electrons. The Balaban J connectivity index is 1.65. The van der Waals surface area contributed by atoms with E-state index >= 15 is 0 Å². The summed E-state index contributed by atoms with van der Waals surface area (Å²) >= 11 is 0. The molecule has 2 aromatic carbocycles. The van der Waals surface area contributed by atoms with Gasteiger partial charge in [-0.15, -0.1) is 0 Å². The molecule has 0 aliphatic carbocycles. The van der Waals surface area contributed by atoms with Gasteiger partial charge in [0.2, 0.25) is 5.91 Å². The fourth-order valence-electron chi connectivity index (χ4n) is 2.70. The molecule has 0 spiro atoms. The second kappa shape index (κ2) is 8.03. The number of hydrogen-bond donors (Lipinski definition) is 2. The first kappa shape index (κ1) is 17.3. The standard InChI is InChI=1S/C20H24N2O3/c1-14(22-20(23)17-11-21-12-17)16-8-9-18(19(10-16)24-2)25-13-15-6-4-3-5-7-15/h3-10,14,17,21H,11-13H2,1-2H3,(H,22,23). The Bertz CT molecular complexity index is 714. The van der Waals surface area contributed by atoms with Gasteiger partial charge in [-0.25, -0.2) is 0 Å². The van der Waals surface area contributed by atoms with Crippen LogP contribution in [0.1, 0.15) is 24.1 Å². The van der Waals surface area contributed by atoms with Crippen LogP contribution in [-0.2, 0) is 11.4 Å². The molecule has 0 saturated carbocycles. The van der Waals surface area contributed by atoms with E-state index in [0.29, 0.717) is 18.1 Å². The molecule has 1 aliphatic rings. The summed E-state index contributed by atoms with van der Waals surface area (Å²) in [4.78, 5) is 12.1. The van der Waals surface area contributed by atoms with Gasteiger partial charge in [0.15, 0.2) is 11.5 Å². The highest BCUT2D eigenvalue weighted by atomic mass is 16.5. The van der Waals surface area contributed by atoms with Gasteiger partial charge in [-0.3, -0.25) is 4.79 Å². The first-order valence-corrected chi connectivity index (χ1v) is 8.53. The molecule has 0 bridgehead atoms. The summed E-state index contributed by atoms with van der Waals surface area (Å²) in [6, 6.07) is 15.7. The smallest absolute Gasteiger partial charge is 0.226 e. The van der Waals surface area contributed by atoms with Crippen LogP contribution in [-0.4, -0.2) is 26.1 Å². The van der Waals surface area contributed by atoms with Crippen molar-refractivity contribution in [1.82, 2.24) is 10.6 Å². The highest BCUT2D eigenvalue weighted by Crippen LogP contribution is 2.31. The predicted octanol–water partition coefficient (Wildman–Crippen LogP) is 2.67. The predicted molar refractivity (Wildman–Crippen MR) is 96.7 cm³/mol. The average molecular weight is 340 g/mol. The fraction of sp³-hybridized carbons (Fsp3) is 0.350. The van der Waals surface area contributed by atoms with Crippen molar-refractivity contribution >= 4 is 5.91 Å². The lowest BCUT2D eigenvalue weighted by Gasteiger charge is -2.27. The molecule has 3 rings (SSSR count). The topological polar surface area (TPSA) is 59.6 Å². The lowest BCUT2D eigenvalue weighted by molar-refractivity contribution is -0.127. The summed E-state index contributed by atoms with van der Waals surface area (Å²) in [5, 5.41) is 6.16. The highest BCUT2D eigenvalue weighted by molar-refractivity contribution is 5.80. The highest BCUT2D eigenvalue weighted by Gasteiger charge is 2.26. The maximum absolute atomic E-state index is 12.1. The van der Waals surface area contributed by atoms with Crippen molar-refractivity contribution in [1.29, 1.82) is 0 Å². The molecule has 1 amide bonds. The van der Waals surface area contributed by atoms with Crippen molar-refractivity contribution < 1.29 is 14.3 Å². The maximum Gasteiger partial charge on any atom is 0.226 e. The molecule has 2 N–H and O–H groups in total.